The van der Waals surface area contributed by atoms with Crippen LogP contribution in [0.3, 0.4) is 0 Å². The predicted octanol–water partition coefficient (Wildman–Crippen LogP) is 5.61. The highest BCUT2D eigenvalue weighted by Gasteiger charge is 2.39. The number of esters is 1. The van der Waals surface area contributed by atoms with Crippen LogP contribution < -0.4 is 15.8 Å². The monoisotopic (exact) mass is 863 g/mol. The molecule has 4 heterocycles. The van der Waals surface area contributed by atoms with E-state index in [1.807, 2.05) is 31.1 Å². The maximum atomic E-state index is 14.2. The van der Waals surface area contributed by atoms with E-state index in [0.717, 1.165) is 56.1 Å². The molecule has 0 aromatic heterocycles. The van der Waals surface area contributed by atoms with Crippen LogP contribution in [0.25, 0.3) is 0 Å². The van der Waals surface area contributed by atoms with Gasteiger partial charge in [0.15, 0.2) is 6.10 Å². The second-order valence-electron chi connectivity index (χ2n) is 16.5. The number of nitrogens with zero attached hydrogens (tertiary/aromatic N) is 5. The zero-order valence-electron chi connectivity index (χ0n) is 34.6. The number of halogens is 4. The largest absolute Gasteiger partial charge is 0.497 e. The lowest BCUT2D eigenvalue weighted by atomic mass is 9.78. The first-order chi connectivity index (χ1) is 28.6. The molecule has 2 aromatic rings. The second-order valence-corrected chi connectivity index (χ2v) is 16.9. The fourth-order valence-corrected chi connectivity index (χ4v) is 9.07. The molecule has 0 aliphatic carbocycles. The molecule has 330 valence electrons. The van der Waals surface area contributed by atoms with Crippen molar-refractivity contribution >= 4 is 47.0 Å². The van der Waals surface area contributed by atoms with E-state index in [1.54, 1.807) is 23.0 Å². The predicted molar refractivity (Wildman–Crippen MR) is 220 cm³/mol. The molecule has 4 aliphatic heterocycles. The van der Waals surface area contributed by atoms with Crippen LogP contribution in [0, 0.1) is 11.8 Å². The minimum Gasteiger partial charge on any atom is -0.497 e. The Bertz CT molecular complexity index is 1850. The van der Waals surface area contributed by atoms with E-state index in [2.05, 4.69) is 10.2 Å². The van der Waals surface area contributed by atoms with Gasteiger partial charge in [0.25, 0.3) is 5.91 Å². The van der Waals surface area contributed by atoms with Crippen LogP contribution in [-0.4, -0.2) is 147 Å². The number of piperidine rings is 3. The summed E-state index contributed by atoms with van der Waals surface area (Å²) in [7, 11) is 5.43. The smallest absolute Gasteiger partial charge is 0.418 e. The number of methoxy groups -OCH3 is 1. The number of hydrogen-bond donors (Lipinski definition) is 2. The topological polar surface area (TPSA) is 150 Å². The maximum Gasteiger partial charge on any atom is 0.418 e. The number of ether oxygens (including phenoxy) is 3. The minimum atomic E-state index is -4.79. The quantitative estimate of drug-likeness (QED) is 0.204. The molecule has 2 aromatic carbocycles. The van der Waals surface area contributed by atoms with Crippen LogP contribution in [0.4, 0.5) is 34.1 Å². The standard InChI is InChI=1S/C42H57ClF3N7O7/c1-49(2)20-21-59-37(54)26-50-13-6-28(7-14-50)29-8-15-51(16-9-29)39(55)36(24-27-22-33(42(44,45)46)38(47)34(43)23-27)60-41(57)52-17-11-31(12-18-52)53-19-10-30-25-32(58-3)4-5-35(30)48-40(53)56/h4-5,22-23,25,28-29,31,36H,6-21,24,26,47H2,1-3H3,(H,48,56)/t36-/m1/s1. The van der Waals surface area contributed by atoms with Crippen LogP contribution in [-0.2, 0) is 38.1 Å². The van der Waals surface area contributed by atoms with Crippen LogP contribution >= 0.6 is 11.6 Å². The Balaban J connectivity index is 1.06. The number of benzene rings is 2. The highest BCUT2D eigenvalue weighted by molar-refractivity contribution is 6.33. The number of nitrogens with one attached hydrogen (secondary N) is 1. The summed E-state index contributed by atoms with van der Waals surface area (Å²) in [4.78, 5) is 62.5. The average Bonchev–Trinajstić information content (AvgIpc) is 3.38. The number of fused-ring (bicyclic) bond motifs is 1. The molecular weight excluding hydrogens is 807 g/mol. The number of carbonyl (C=O) groups is 4. The number of nitrogens with two attached hydrogens (primary N) is 1. The number of amides is 4. The molecule has 0 radical (unpaired) electrons. The van der Waals surface area contributed by atoms with E-state index in [9.17, 15) is 32.3 Å². The zero-order chi connectivity index (χ0) is 43.1. The van der Waals surface area contributed by atoms with Gasteiger partial charge < -0.3 is 44.9 Å². The molecule has 3 fully saturated rings. The second kappa shape index (κ2) is 19.9. The molecular formula is C42H57ClF3N7O7. The van der Waals surface area contributed by atoms with Crippen molar-refractivity contribution in [2.75, 3.05) is 97.8 Å². The number of rotatable bonds is 12. The van der Waals surface area contributed by atoms with Crippen molar-refractivity contribution in [2.45, 2.75) is 69.7 Å². The Labute approximate surface area is 354 Å². The third-order valence-electron chi connectivity index (χ3n) is 12.3. The van der Waals surface area contributed by atoms with Crippen LogP contribution in [0.1, 0.15) is 55.2 Å². The van der Waals surface area contributed by atoms with E-state index in [0.29, 0.717) is 69.6 Å². The Morgan fingerprint density at radius 1 is 0.933 bits per heavy atom. The van der Waals surface area contributed by atoms with E-state index in [-0.39, 0.29) is 54.7 Å². The average molecular weight is 864 g/mol. The summed E-state index contributed by atoms with van der Waals surface area (Å²) in [6.45, 7) is 4.64. The van der Waals surface area contributed by atoms with Gasteiger partial charge >= 0.3 is 24.3 Å². The first-order valence-corrected chi connectivity index (χ1v) is 21.1. The summed E-state index contributed by atoms with van der Waals surface area (Å²) >= 11 is 6.15. The minimum absolute atomic E-state index is 0.0559. The summed E-state index contributed by atoms with van der Waals surface area (Å²) in [6, 6.07) is 7.26. The molecule has 0 spiro atoms. The number of carbonyl (C=O) groups excluding carboxylic acids is 4. The van der Waals surface area contributed by atoms with E-state index >= 15 is 0 Å². The Kier molecular flexibility index (Phi) is 15.0. The summed E-state index contributed by atoms with van der Waals surface area (Å²) in [5, 5.41) is 2.67. The molecule has 18 heteroatoms. The van der Waals surface area contributed by atoms with Crippen molar-refractivity contribution in [1.29, 1.82) is 0 Å². The van der Waals surface area contributed by atoms with Crippen molar-refractivity contribution in [3.05, 3.63) is 52.0 Å². The van der Waals surface area contributed by atoms with Gasteiger partial charge in [-0.2, -0.15) is 13.2 Å². The molecule has 4 aliphatic rings. The van der Waals surface area contributed by atoms with Crippen molar-refractivity contribution in [3.63, 3.8) is 0 Å². The third-order valence-corrected chi connectivity index (χ3v) is 12.7. The fourth-order valence-electron chi connectivity index (χ4n) is 8.83. The summed E-state index contributed by atoms with van der Waals surface area (Å²) in [5.74, 6) is 0.771. The SMILES string of the molecule is COc1ccc2c(c1)CCN(C1CCN(C(=O)O[C@H](Cc3cc(Cl)c(N)c(C(F)(F)F)c3)C(=O)N3CCC(C4CCN(CC(=O)OCCN(C)C)CC4)CC3)CC1)C(=O)N2. The van der Waals surface area contributed by atoms with Gasteiger partial charge in [-0.25, -0.2) is 9.59 Å². The van der Waals surface area contributed by atoms with Gasteiger partial charge in [-0.05, 0) is 125 Å². The van der Waals surface area contributed by atoms with Gasteiger partial charge in [0.2, 0.25) is 0 Å². The van der Waals surface area contributed by atoms with Crippen LogP contribution in [0.15, 0.2) is 30.3 Å². The number of anilines is 2. The first-order valence-electron chi connectivity index (χ1n) is 20.8. The summed E-state index contributed by atoms with van der Waals surface area (Å²) in [5.41, 5.74) is 5.69. The Morgan fingerprint density at radius 2 is 1.58 bits per heavy atom. The van der Waals surface area contributed by atoms with Gasteiger partial charge in [0.1, 0.15) is 12.4 Å². The number of hydrogen-bond acceptors (Lipinski definition) is 10. The number of nitrogen functional groups attached to an aromatic ring is 1. The lowest BCUT2D eigenvalue weighted by molar-refractivity contribution is -0.145. The third kappa shape index (κ3) is 11.5. The van der Waals surface area contributed by atoms with Crippen molar-refractivity contribution in [2.24, 2.45) is 11.8 Å². The molecule has 0 saturated carbocycles. The highest BCUT2D eigenvalue weighted by atomic mass is 35.5. The normalized spacial score (nSPS) is 19.4. The van der Waals surface area contributed by atoms with Crippen molar-refractivity contribution in [3.8, 4) is 5.75 Å². The molecule has 3 saturated heterocycles. The van der Waals surface area contributed by atoms with Crippen LogP contribution in [0.2, 0.25) is 5.02 Å². The lowest BCUT2D eigenvalue weighted by Crippen LogP contribution is -2.52. The van der Waals surface area contributed by atoms with Crippen molar-refractivity contribution < 1.29 is 46.6 Å². The van der Waals surface area contributed by atoms with Gasteiger partial charge in [-0.15, -0.1) is 0 Å². The Morgan fingerprint density at radius 3 is 2.22 bits per heavy atom. The highest BCUT2D eigenvalue weighted by Crippen LogP contribution is 2.39. The van der Waals surface area contributed by atoms with Gasteiger partial charge in [0, 0.05) is 57.4 Å². The van der Waals surface area contributed by atoms with E-state index in [4.69, 9.17) is 31.5 Å². The summed E-state index contributed by atoms with van der Waals surface area (Å²) < 4.78 is 58.4. The molecule has 4 amide bonds. The van der Waals surface area contributed by atoms with Gasteiger partial charge in [0.05, 0.1) is 29.9 Å². The van der Waals surface area contributed by atoms with Crippen LogP contribution in [0.5, 0.6) is 5.75 Å². The fraction of sp³-hybridized carbons (Fsp3) is 0.619. The summed E-state index contributed by atoms with van der Waals surface area (Å²) in [6.07, 6.45) is -2.44. The molecule has 1 atom stereocenters. The number of alkyl halides is 3. The molecule has 6 rings (SSSR count). The first kappa shape index (κ1) is 45.1. The number of likely N-dealkylation sites (tertiary alicyclic amines) is 3. The maximum absolute atomic E-state index is 14.2. The lowest BCUT2D eigenvalue weighted by Gasteiger charge is -2.41. The Hall–Kier alpha value is -4.48. The number of urea groups is 1. The van der Waals surface area contributed by atoms with E-state index < -0.39 is 35.5 Å². The molecule has 14 nitrogen and oxygen atoms in total. The molecule has 60 heavy (non-hydrogen) atoms. The zero-order valence-corrected chi connectivity index (χ0v) is 35.4. The van der Waals surface area contributed by atoms with E-state index in [1.165, 1.54) is 11.0 Å². The van der Waals surface area contributed by atoms with Gasteiger partial charge in [-0.3, -0.25) is 14.5 Å². The number of likely N-dealkylation sites (N-methyl/N-ethyl adjacent to an activating group) is 1. The van der Waals surface area contributed by atoms with Crippen molar-refractivity contribution in [1.82, 2.24) is 24.5 Å². The molecule has 0 unspecified atom stereocenters. The molecule has 0 bridgehead atoms. The van der Waals surface area contributed by atoms with Gasteiger partial charge in [-0.1, -0.05) is 11.6 Å². The molecule has 3 N–H and O–H groups in total.